The summed E-state index contributed by atoms with van der Waals surface area (Å²) in [5.41, 5.74) is 8.75. The first kappa shape index (κ1) is 11.7. The van der Waals surface area contributed by atoms with Gasteiger partial charge in [0.2, 0.25) is 5.91 Å². The number of hydrogen-bond donors (Lipinski definition) is 1. The lowest BCUT2D eigenvalue weighted by Gasteiger charge is -2.25. The topological polar surface area (TPSA) is 46.3 Å². The van der Waals surface area contributed by atoms with Crippen molar-refractivity contribution >= 4 is 11.6 Å². The van der Waals surface area contributed by atoms with Gasteiger partial charge in [-0.15, -0.1) is 0 Å². The Labute approximate surface area is 102 Å². The van der Waals surface area contributed by atoms with Gasteiger partial charge in [0, 0.05) is 18.8 Å². The zero-order valence-electron chi connectivity index (χ0n) is 10.1. The van der Waals surface area contributed by atoms with Gasteiger partial charge in [-0.1, -0.05) is 23.8 Å². The molecule has 0 aliphatic carbocycles. The smallest absolute Gasteiger partial charge is 0.227 e. The summed E-state index contributed by atoms with van der Waals surface area (Å²) in [6.45, 7) is 3.71. The van der Waals surface area contributed by atoms with Gasteiger partial charge in [-0.05, 0) is 31.0 Å². The quantitative estimate of drug-likeness (QED) is 0.624. The third-order valence-electron chi connectivity index (χ3n) is 3.12. The fourth-order valence-corrected chi connectivity index (χ4v) is 1.92. The monoisotopic (exact) mass is 230 g/mol. The molecular weight excluding hydrogens is 212 g/mol. The van der Waals surface area contributed by atoms with Crippen LogP contribution in [0.1, 0.15) is 18.9 Å². The maximum absolute atomic E-state index is 12.0. The molecule has 1 heterocycles. The fraction of sp³-hybridized carbons (Fsp3) is 0.357. The van der Waals surface area contributed by atoms with Gasteiger partial charge in [0.1, 0.15) is 0 Å². The number of carbonyl (C=O) groups excluding carboxylic acids is 1. The Hall–Kier alpha value is -1.77. The third-order valence-corrected chi connectivity index (χ3v) is 3.12. The molecule has 3 heteroatoms. The Morgan fingerprint density at radius 2 is 2.06 bits per heavy atom. The molecule has 3 nitrogen and oxygen atoms in total. The Kier molecular flexibility index (Phi) is 3.47. The van der Waals surface area contributed by atoms with Gasteiger partial charge in [-0.25, -0.2) is 0 Å². The zero-order chi connectivity index (χ0) is 12.3. The van der Waals surface area contributed by atoms with E-state index in [1.807, 2.05) is 29.2 Å². The molecule has 2 rings (SSSR count). The van der Waals surface area contributed by atoms with Gasteiger partial charge in [-0.2, -0.15) is 0 Å². The van der Waals surface area contributed by atoms with Crippen LogP contribution < -0.4 is 5.73 Å². The molecule has 0 saturated carbocycles. The van der Waals surface area contributed by atoms with Crippen molar-refractivity contribution in [3.8, 4) is 0 Å². The minimum absolute atomic E-state index is 0.193. The molecule has 90 valence electrons. The predicted molar refractivity (Wildman–Crippen MR) is 69.5 cm³/mol. The van der Waals surface area contributed by atoms with Gasteiger partial charge < -0.3 is 10.6 Å². The van der Waals surface area contributed by atoms with Crippen molar-refractivity contribution in [2.75, 3.05) is 18.8 Å². The highest BCUT2D eigenvalue weighted by Gasteiger charge is 2.15. The molecule has 0 saturated heterocycles. The van der Waals surface area contributed by atoms with Gasteiger partial charge in [0.25, 0.3) is 0 Å². The third kappa shape index (κ3) is 3.09. The fourth-order valence-electron chi connectivity index (χ4n) is 1.92. The van der Waals surface area contributed by atoms with Crippen LogP contribution in [-0.4, -0.2) is 23.9 Å². The molecule has 0 bridgehead atoms. The van der Waals surface area contributed by atoms with E-state index in [4.69, 9.17) is 5.73 Å². The van der Waals surface area contributed by atoms with Crippen molar-refractivity contribution in [3.05, 3.63) is 41.5 Å². The molecule has 0 aromatic heterocycles. The summed E-state index contributed by atoms with van der Waals surface area (Å²) in [5.74, 6) is 0.193. The second-order valence-electron chi connectivity index (χ2n) is 4.56. The number of nitrogens with zero attached hydrogens (tertiary/aromatic N) is 1. The highest BCUT2D eigenvalue weighted by atomic mass is 16.2. The number of hydrogen-bond acceptors (Lipinski definition) is 2. The Morgan fingerprint density at radius 3 is 2.65 bits per heavy atom. The lowest BCUT2D eigenvalue weighted by Crippen LogP contribution is -2.35. The Bertz CT molecular complexity index is 434. The van der Waals surface area contributed by atoms with Crippen LogP contribution in [-0.2, 0) is 11.2 Å². The van der Waals surface area contributed by atoms with Crippen LogP contribution >= 0.6 is 0 Å². The molecule has 1 aliphatic heterocycles. The second kappa shape index (κ2) is 5.04. The average Bonchev–Trinajstić information content (AvgIpc) is 2.33. The van der Waals surface area contributed by atoms with Crippen molar-refractivity contribution < 1.29 is 4.79 Å². The lowest BCUT2D eigenvalue weighted by molar-refractivity contribution is -0.130. The molecule has 1 aromatic carbocycles. The van der Waals surface area contributed by atoms with E-state index in [1.54, 1.807) is 0 Å². The molecule has 1 amide bonds. The number of nitrogens with two attached hydrogens (primary N) is 1. The summed E-state index contributed by atoms with van der Waals surface area (Å²) in [7, 11) is 0. The largest absolute Gasteiger partial charge is 0.399 e. The number of nitrogen functional groups attached to an aromatic ring is 1. The van der Waals surface area contributed by atoms with E-state index in [9.17, 15) is 4.79 Å². The van der Waals surface area contributed by atoms with Crippen molar-refractivity contribution in [2.45, 2.75) is 19.8 Å². The first-order chi connectivity index (χ1) is 8.15. The van der Waals surface area contributed by atoms with E-state index >= 15 is 0 Å². The number of benzene rings is 1. The normalized spacial score (nSPS) is 15.6. The minimum atomic E-state index is 0.193. The minimum Gasteiger partial charge on any atom is -0.399 e. The van der Waals surface area contributed by atoms with E-state index in [0.29, 0.717) is 6.42 Å². The molecule has 2 N–H and O–H groups in total. The Balaban J connectivity index is 1.95. The van der Waals surface area contributed by atoms with Gasteiger partial charge in [0.05, 0.1) is 6.42 Å². The van der Waals surface area contributed by atoms with Gasteiger partial charge in [-0.3, -0.25) is 4.79 Å². The first-order valence-electron chi connectivity index (χ1n) is 5.93. The molecular formula is C14H18N2O. The molecule has 0 radical (unpaired) electrons. The van der Waals surface area contributed by atoms with Crippen LogP contribution in [0.4, 0.5) is 5.69 Å². The maximum atomic E-state index is 12.0. The molecule has 0 unspecified atom stereocenters. The summed E-state index contributed by atoms with van der Waals surface area (Å²) in [5, 5.41) is 0. The van der Waals surface area contributed by atoms with Crippen LogP contribution in [0.15, 0.2) is 35.9 Å². The number of rotatable bonds is 2. The standard InChI is InChI=1S/C14H18N2O/c1-11-6-8-16(9-7-11)14(17)10-12-2-4-13(15)5-3-12/h2-6H,7-10,15H2,1H3. The SMILES string of the molecule is CC1=CCN(C(=O)Cc2ccc(N)cc2)CC1. The molecule has 17 heavy (non-hydrogen) atoms. The van der Waals surface area contributed by atoms with Crippen LogP contribution in [0.2, 0.25) is 0 Å². The van der Waals surface area contributed by atoms with Gasteiger partial charge in [0.15, 0.2) is 0 Å². The van der Waals surface area contributed by atoms with E-state index in [0.717, 1.165) is 30.8 Å². The van der Waals surface area contributed by atoms with Crippen LogP contribution in [0, 0.1) is 0 Å². The van der Waals surface area contributed by atoms with E-state index in [-0.39, 0.29) is 5.91 Å². The lowest BCUT2D eigenvalue weighted by atomic mass is 10.1. The number of anilines is 1. The summed E-state index contributed by atoms with van der Waals surface area (Å²) >= 11 is 0. The number of carbonyl (C=O) groups is 1. The molecule has 1 aromatic rings. The highest BCUT2D eigenvalue weighted by molar-refractivity contribution is 5.79. The molecule has 0 fully saturated rings. The van der Waals surface area contributed by atoms with Crippen molar-refractivity contribution in [1.29, 1.82) is 0 Å². The Morgan fingerprint density at radius 1 is 1.35 bits per heavy atom. The predicted octanol–water partition coefficient (Wildman–Crippen LogP) is 1.99. The van der Waals surface area contributed by atoms with Crippen molar-refractivity contribution in [1.82, 2.24) is 4.90 Å². The zero-order valence-corrected chi connectivity index (χ0v) is 10.1. The molecule has 0 atom stereocenters. The highest BCUT2D eigenvalue weighted by Crippen LogP contribution is 2.12. The van der Waals surface area contributed by atoms with Crippen LogP contribution in [0.25, 0.3) is 0 Å². The van der Waals surface area contributed by atoms with Crippen molar-refractivity contribution in [2.24, 2.45) is 0 Å². The summed E-state index contributed by atoms with van der Waals surface area (Å²) in [6, 6.07) is 7.50. The summed E-state index contributed by atoms with van der Waals surface area (Å²) in [4.78, 5) is 13.9. The maximum Gasteiger partial charge on any atom is 0.227 e. The van der Waals surface area contributed by atoms with E-state index in [2.05, 4.69) is 13.0 Å². The van der Waals surface area contributed by atoms with Gasteiger partial charge >= 0.3 is 0 Å². The first-order valence-corrected chi connectivity index (χ1v) is 5.93. The van der Waals surface area contributed by atoms with Crippen LogP contribution in [0.5, 0.6) is 0 Å². The number of amides is 1. The average molecular weight is 230 g/mol. The second-order valence-corrected chi connectivity index (χ2v) is 4.56. The molecule has 0 spiro atoms. The van der Waals surface area contributed by atoms with E-state index in [1.165, 1.54) is 5.57 Å². The van der Waals surface area contributed by atoms with Crippen molar-refractivity contribution in [3.63, 3.8) is 0 Å². The van der Waals surface area contributed by atoms with E-state index < -0.39 is 0 Å². The summed E-state index contributed by atoms with van der Waals surface area (Å²) in [6.07, 6.45) is 3.59. The van der Waals surface area contributed by atoms with Crippen LogP contribution in [0.3, 0.4) is 0 Å². The summed E-state index contributed by atoms with van der Waals surface area (Å²) < 4.78 is 0. The molecule has 1 aliphatic rings.